The Morgan fingerprint density at radius 3 is 2.38 bits per heavy atom. The second kappa shape index (κ2) is 7.57. The Balaban J connectivity index is 2.15. The molecule has 0 unspecified atom stereocenters. The van der Waals surface area contributed by atoms with E-state index in [0.717, 1.165) is 9.87 Å². The average Bonchev–Trinajstić information content (AvgIpc) is 2.55. The van der Waals surface area contributed by atoms with E-state index in [-0.39, 0.29) is 10.8 Å². The Morgan fingerprint density at radius 1 is 1.12 bits per heavy atom. The number of ether oxygens (including phenoxy) is 1. The van der Waals surface area contributed by atoms with Gasteiger partial charge in [-0.05, 0) is 42.0 Å². The lowest BCUT2D eigenvalue weighted by Crippen LogP contribution is -2.22. The molecule has 6 nitrogen and oxygen atoms in total. The summed E-state index contributed by atoms with van der Waals surface area (Å²) in [5.41, 5.74) is 1.98. The van der Waals surface area contributed by atoms with Crippen molar-refractivity contribution in [3.63, 3.8) is 0 Å². The first-order valence-electron chi connectivity index (χ1n) is 7.26. The maximum atomic E-state index is 12.3. The number of hydrogen-bond donors (Lipinski definition) is 1. The molecular formula is C17H20N2O4S. The van der Waals surface area contributed by atoms with Gasteiger partial charge in [-0.15, -0.1) is 0 Å². The van der Waals surface area contributed by atoms with Crippen LogP contribution in [0.15, 0.2) is 53.4 Å². The number of methoxy groups -OCH3 is 1. The molecule has 2 aromatic carbocycles. The van der Waals surface area contributed by atoms with Gasteiger partial charge in [0, 0.05) is 32.5 Å². The molecular weight excluding hydrogens is 328 g/mol. The molecule has 0 fully saturated rings. The Labute approximate surface area is 142 Å². The van der Waals surface area contributed by atoms with E-state index in [0.29, 0.717) is 17.9 Å². The van der Waals surface area contributed by atoms with E-state index in [1.165, 1.54) is 38.4 Å². The molecule has 24 heavy (non-hydrogen) atoms. The highest BCUT2D eigenvalue weighted by molar-refractivity contribution is 7.89. The van der Waals surface area contributed by atoms with Crippen molar-refractivity contribution in [3.8, 4) is 0 Å². The molecule has 2 aromatic rings. The second-order valence-electron chi connectivity index (χ2n) is 5.40. The fraction of sp³-hybridized carbons (Fsp3) is 0.235. The van der Waals surface area contributed by atoms with Crippen LogP contribution in [0.4, 0.5) is 5.69 Å². The number of benzene rings is 2. The van der Waals surface area contributed by atoms with E-state index in [2.05, 4.69) is 5.32 Å². The third-order valence-electron chi connectivity index (χ3n) is 3.39. The summed E-state index contributed by atoms with van der Waals surface area (Å²) in [6.45, 7) is 0.459. The maximum Gasteiger partial charge on any atom is 0.255 e. The fourth-order valence-electron chi connectivity index (χ4n) is 2.10. The molecule has 0 saturated heterocycles. The SMILES string of the molecule is COCc1cccc(NC(=O)c2ccc(S(=O)(=O)N(C)C)cc2)c1. The largest absolute Gasteiger partial charge is 0.380 e. The van der Waals surface area contributed by atoms with Crippen molar-refractivity contribution in [2.75, 3.05) is 26.5 Å². The summed E-state index contributed by atoms with van der Waals surface area (Å²) in [4.78, 5) is 12.4. The molecule has 0 radical (unpaired) electrons. The Morgan fingerprint density at radius 2 is 1.79 bits per heavy atom. The van der Waals surface area contributed by atoms with Crippen LogP contribution in [0.25, 0.3) is 0 Å². The van der Waals surface area contributed by atoms with E-state index in [1.807, 2.05) is 18.2 Å². The molecule has 1 amide bonds. The van der Waals surface area contributed by atoms with Crippen LogP contribution in [0.2, 0.25) is 0 Å². The monoisotopic (exact) mass is 348 g/mol. The van der Waals surface area contributed by atoms with Gasteiger partial charge in [-0.1, -0.05) is 12.1 Å². The first-order valence-corrected chi connectivity index (χ1v) is 8.70. The first kappa shape index (κ1) is 18.1. The Kier molecular flexibility index (Phi) is 5.71. The van der Waals surface area contributed by atoms with Gasteiger partial charge in [0.05, 0.1) is 11.5 Å². The fourth-order valence-corrected chi connectivity index (χ4v) is 3.00. The molecule has 0 spiro atoms. The molecule has 1 N–H and O–H groups in total. The van der Waals surface area contributed by atoms with E-state index in [9.17, 15) is 13.2 Å². The van der Waals surface area contributed by atoms with Gasteiger partial charge in [-0.3, -0.25) is 4.79 Å². The Hall–Kier alpha value is -2.22. The smallest absolute Gasteiger partial charge is 0.255 e. The minimum absolute atomic E-state index is 0.145. The molecule has 0 aliphatic heterocycles. The predicted molar refractivity (Wildman–Crippen MR) is 92.4 cm³/mol. The van der Waals surface area contributed by atoms with Gasteiger partial charge in [0.25, 0.3) is 5.91 Å². The highest BCUT2D eigenvalue weighted by Crippen LogP contribution is 2.16. The van der Waals surface area contributed by atoms with Crippen LogP contribution >= 0.6 is 0 Å². The summed E-state index contributed by atoms with van der Waals surface area (Å²) in [5.74, 6) is -0.307. The highest BCUT2D eigenvalue weighted by atomic mass is 32.2. The molecule has 2 rings (SSSR count). The van der Waals surface area contributed by atoms with Gasteiger partial charge < -0.3 is 10.1 Å². The first-order chi connectivity index (χ1) is 11.3. The number of anilines is 1. The lowest BCUT2D eigenvalue weighted by molar-refractivity contribution is 0.102. The van der Waals surface area contributed by atoms with Crippen LogP contribution in [0.5, 0.6) is 0 Å². The molecule has 0 bridgehead atoms. The van der Waals surface area contributed by atoms with Crippen LogP contribution in [-0.4, -0.2) is 39.8 Å². The number of nitrogens with zero attached hydrogens (tertiary/aromatic N) is 1. The van der Waals surface area contributed by atoms with E-state index in [1.54, 1.807) is 13.2 Å². The van der Waals surface area contributed by atoms with Crippen LogP contribution in [0.3, 0.4) is 0 Å². The minimum atomic E-state index is -3.50. The zero-order chi connectivity index (χ0) is 17.7. The van der Waals surface area contributed by atoms with Gasteiger partial charge in [-0.2, -0.15) is 0 Å². The number of rotatable bonds is 6. The van der Waals surface area contributed by atoms with Crippen molar-refractivity contribution >= 4 is 21.6 Å². The number of nitrogens with one attached hydrogen (secondary N) is 1. The van der Waals surface area contributed by atoms with Crippen LogP contribution in [-0.2, 0) is 21.4 Å². The number of amides is 1. The molecule has 0 aliphatic rings. The van der Waals surface area contributed by atoms with Gasteiger partial charge >= 0.3 is 0 Å². The topological polar surface area (TPSA) is 75.7 Å². The highest BCUT2D eigenvalue weighted by Gasteiger charge is 2.17. The lowest BCUT2D eigenvalue weighted by atomic mass is 10.2. The van der Waals surface area contributed by atoms with Crippen LogP contribution in [0.1, 0.15) is 15.9 Å². The van der Waals surface area contributed by atoms with Crippen molar-refractivity contribution in [1.82, 2.24) is 4.31 Å². The standard InChI is InChI=1S/C17H20N2O4S/c1-19(2)24(21,22)16-9-7-14(8-10-16)17(20)18-15-6-4-5-13(11-15)12-23-3/h4-11H,12H2,1-3H3,(H,18,20). The van der Waals surface area contributed by atoms with Gasteiger partial charge in [-0.25, -0.2) is 12.7 Å². The summed E-state index contributed by atoms with van der Waals surface area (Å²) in [7, 11) is 1.03. The van der Waals surface area contributed by atoms with Gasteiger partial charge in [0.15, 0.2) is 0 Å². The van der Waals surface area contributed by atoms with Gasteiger partial charge in [0.2, 0.25) is 10.0 Å². The normalized spacial score (nSPS) is 11.5. The van der Waals surface area contributed by atoms with E-state index in [4.69, 9.17) is 4.74 Å². The molecule has 128 valence electrons. The number of carbonyl (C=O) groups excluding carboxylic acids is 1. The maximum absolute atomic E-state index is 12.3. The van der Waals surface area contributed by atoms with Crippen LogP contribution < -0.4 is 5.32 Å². The minimum Gasteiger partial charge on any atom is -0.380 e. The second-order valence-corrected chi connectivity index (χ2v) is 7.55. The van der Waals surface area contributed by atoms with E-state index >= 15 is 0 Å². The molecule has 0 heterocycles. The summed E-state index contributed by atoms with van der Waals surface area (Å²) in [6, 6.07) is 13.2. The van der Waals surface area contributed by atoms with Crippen molar-refractivity contribution < 1.29 is 17.9 Å². The van der Waals surface area contributed by atoms with Gasteiger partial charge in [0.1, 0.15) is 0 Å². The lowest BCUT2D eigenvalue weighted by Gasteiger charge is -2.12. The summed E-state index contributed by atoms with van der Waals surface area (Å²) < 4.78 is 30.2. The molecule has 0 aromatic heterocycles. The van der Waals surface area contributed by atoms with Crippen molar-refractivity contribution in [2.24, 2.45) is 0 Å². The summed E-state index contributed by atoms with van der Waals surface area (Å²) >= 11 is 0. The third kappa shape index (κ3) is 4.19. The van der Waals surface area contributed by atoms with Crippen LogP contribution in [0, 0.1) is 0 Å². The molecule has 0 saturated carbocycles. The van der Waals surface area contributed by atoms with Crippen molar-refractivity contribution in [2.45, 2.75) is 11.5 Å². The number of carbonyl (C=O) groups is 1. The molecule has 0 aliphatic carbocycles. The quantitative estimate of drug-likeness (QED) is 0.869. The number of hydrogen-bond acceptors (Lipinski definition) is 4. The summed E-state index contributed by atoms with van der Waals surface area (Å²) in [5, 5.41) is 2.78. The molecule has 0 atom stereocenters. The zero-order valence-corrected chi connectivity index (χ0v) is 14.6. The summed E-state index contributed by atoms with van der Waals surface area (Å²) in [6.07, 6.45) is 0. The zero-order valence-electron chi connectivity index (χ0n) is 13.8. The van der Waals surface area contributed by atoms with Crippen molar-refractivity contribution in [1.29, 1.82) is 0 Å². The Bertz CT molecular complexity index is 815. The average molecular weight is 348 g/mol. The van der Waals surface area contributed by atoms with Crippen molar-refractivity contribution in [3.05, 3.63) is 59.7 Å². The predicted octanol–water partition coefficient (Wildman–Crippen LogP) is 2.34. The number of sulfonamides is 1. The van der Waals surface area contributed by atoms with E-state index < -0.39 is 10.0 Å². The molecule has 7 heteroatoms. The third-order valence-corrected chi connectivity index (χ3v) is 5.22.